The third kappa shape index (κ3) is 3.62. The second-order valence-corrected chi connectivity index (χ2v) is 12.9. The van der Waals surface area contributed by atoms with E-state index in [9.17, 15) is 14.7 Å². The number of piperidine rings is 1. The first-order chi connectivity index (χ1) is 16.8. The fourth-order valence-electron chi connectivity index (χ4n) is 9.73. The van der Waals surface area contributed by atoms with E-state index < -0.39 is 6.09 Å². The van der Waals surface area contributed by atoms with Crippen LogP contribution in [0.3, 0.4) is 0 Å². The molecule has 0 radical (unpaired) electrons. The highest BCUT2D eigenvalue weighted by molar-refractivity contribution is 5.65. The average molecular weight is 480 g/mol. The van der Waals surface area contributed by atoms with E-state index >= 15 is 0 Å². The summed E-state index contributed by atoms with van der Waals surface area (Å²) in [6.45, 7) is 5.77. The van der Waals surface area contributed by atoms with Crippen LogP contribution in [0, 0.1) is 34.5 Å². The molecule has 4 aliphatic carbocycles. The first-order valence-corrected chi connectivity index (χ1v) is 14.1. The number of fused-ring (bicyclic) bond motifs is 5. The summed E-state index contributed by atoms with van der Waals surface area (Å²) >= 11 is 0. The van der Waals surface area contributed by atoms with E-state index in [1.807, 2.05) is 6.07 Å². The number of hydrogen-bond acceptors (Lipinski definition) is 3. The van der Waals surface area contributed by atoms with E-state index in [-0.39, 0.29) is 17.1 Å². The first kappa shape index (κ1) is 23.4. The van der Waals surface area contributed by atoms with Crippen LogP contribution in [-0.4, -0.2) is 28.7 Å². The third-order valence-electron chi connectivity index (χ3n) is 11.6. The van der Waals surface area contributed by atoms with Crippen LogP contribution in [0.25, 0.3) is 0 Å². The maximum absolute atomic E-state index is 11.9. The maximum Gasteiger partial charge on any atom is 0.407 e. The minimum Gasteiger partial charge on any atom is -0.465 e. The van der Waals surface area contributed by atoms with Crippen molar-refractivity contribution in [3.8, 4) is 0 Å². The van der Waals surface area contributed by atoms with Gasteiger partial charge in [-0.15, -0.1) is 0 Å². The molecule has 6 rings (SSSR count). The van der Waals surface area contributed by atoms with Crippen LogP contribution in [-0.2, 0) is 0 Å². The van der Waals surface area contributed by atoms with Gasteiger partial charge in [0.25, 0.3) is 0 Å². The lowest BCUT2D eigenvalue weighted by Gasteiger charge is -2.60. The van der Waals surface area contributed by atoms with Crippen molar-refractivity contribution in [1.29, 1.82) is 0 Å². The van der Waals surface area contributed by atoms with Crippen molar-refractivity contribution in [3.63, 3.8) is 0 Å². The topological polar surface area (TPSA) is 70.8 Å². The van der Waals surface area contributed by atoms with Gasteiger partial charge >= 0.3 is 11.7 Å². The summed E-state index contributed by atoms with van der Waals surface area (Å²) in [7, 11) is 0. The highest BCUT2D eigenvalue weighted by Gasteiger charge is 2.58. The number of nitrogens with zero attached hydrogens (tertiary/aromatic N) is 1. The van der Waals surface area contributed by atoms with Gasteiger partial charge in [-0.05, 0) is 123 Å². The molecule has 190 valence electrons. The molecule has 1 N–H and O–H groups in total. The van der Waals surface area contributed by atoms with Crippen LogP contribution in [0.5, 0.6) is 0 Å². The number of likely N-dealkylation sites (tertiary alicyclic amines) is 1. The van der Waals surface area contributed by atoms with Crippen LogP contribution in [0.2, 0.25) is 0 Å². The van der Waals surface area contributed by atoms with Crippen molar-refractivity contribution in [2.45, 2.75) is 96.4 Å². The molecule has 1 aromatic heterocycles. The predicted octanol–water partition coefficient (Wildman–Crippen LogP) is 6.83. The molecule has 8 atom stereocenters. The molecule has 4 fully saturated rings. The Kier molecular flexibility index (Phi) is 5.69. The normalized spacial score (nSPS) is 43.0. The predicted molar refractivity (Wildman–Crippen MR) is 135 cm³/mol. The van der Waals surface area contributed by atoms with Crippen LogP contribution >= 0.6 is 0 Å². The SMILES string of the molecule is C[C@]12CC[C@H]3[C@@H](CCC4CC(C5CCCCN5C(=O)O)CC[C@@]43C)C1=CC[C@@H]2c1ccc(=O)oc1. The minimum absolute atomic E-state index is 0.172. The van der Waals surface area contributed by atoms with E-state index in [0.717, 1.165) is 37.6 Å². The van der Waals surface area contributed by atoms with Gasteiger partial charge in [-0.2, -0.15) is 0 Å². The fraction of sp³-hybridized carbons (Fsp3) is 0.733. The Morgan fingerprint density at radius 1 is 1.09 bits per heavy atom. The summed E-state index contributed by atoms with van der Waals surface area (Å²) in [5.41, 5.74) is 3.15. The van der Waals surface area contributed by atoms with Crippen LogP contribution < -0.4 is 5.63 Å². The molecule has 2 heterocycles. The Hall–Kier alpha value is -2.04. The van der Waals surface area contributed by atoms with E-state index in [1.54, 1.807) is 22.8 Å². The largest absolute Gasteiger partial charge is 0.465 e. The highest BCUT2D eigenvalue weighted by atomic mass is 16.4. The maximum atomic E-state index is 11.9. The molecule has 0 spiro atoms. The highest BCUT2D eigenvalue weighted by Crippen LogP contribution is 2.67. The molecule has 1 aromatic rings. The third-order valence-corrected chi connectivity index (χ3v) is 11.6. The molecule has 3 saturated carbocycles. The van der Waals surface area contributed by atoms with Gasteiger partial charge in [-0.25, -0.2) is 9.59 Å². The summed E-state index contributed by atoms with van der Waals surface area (Å²) in [6, 6.07) is 3.79. The average Bonchev–Trinajstić information content (AvgIpc) is 3.21. The molecule has 1 amide bonds. The smallest absolute Gasteiger partial charge is 0.407 e. The Morgan fingerprint density at radius 3 is 2.71 bits per heavy atom. The number of hydrogen-bond donors (Lipinski definition) is 1. The van der Waals surface area contributed by atoms with Crippen molar-refractivity contribution in [2.75, 3.05) is 6.54 Å². The molecule has 1 saturated heterocycles. The molecular weight excluding hydrogens is 438 g/mol. The fourth-order valence-corrected chi connectivity index (χ4v) is 9.73. The van der Waals surface area contributed by atoms with Gasteiger partial charge in [0.15, 0.2) is 0 Å². The summed E-state index contributed by atoms with van der Waals surface area (Å²) < 4.78 is 5.25. The molecular formula is C30H41NO4. The van der Waals surface area contributed by atoms with Gasteiger partial charge in [0.1, 0.15) is 0 Å². The van der Waals surface area contributed by atoms with Gasteiger partial charge in [-0.3, -0.25) is 0 Å². The van der Waals surface area contributed by atoms with Crippen molar-refractivity contribution in [3.05, 3.63) is 46.0 Å². The molecule has 0 aromatic carbocycles. The zero-order valence-corrected chi connectivity index (χ0v) is 21.4. The van der Waals surface area contributed by atoms with E-state index in [0.29, 0.717) is 23.2 Å². The van der Waals surface area contributed by atoms with Crippen LogP contribution in [0.4, 0.5) is 4.79 Å². The van der Waals surface area contributed by atoms with Crippen molar-refractivity contribution in [1.82, 2.24) is 4.90 Å². The minimum atomic E-state index is -0.710. The molecule has 3 unspecified atom stereocenters. The lowest BCUT2D eigenvalue weighted by Crippen LogP contribution is -2.54. The zero-order valence-electron chi connectivity index (χ0n) is 21.4. The lowest BCUT2D eigenvalue weighted by molar-refractivity contribution is -0.0767. The molecule has 1 aliphatic heterocycles. The van der Waals surface area contributed by atoms with Gasteiger partial charge in [-0.1, -0.05) is 25.5 Å². The number of amides is 1. The van der Waals surface area contributed by atoms with Crippen molar-refractivity contribution >= 4 is 6.09 Å². The van der Waals surface area contributed by atoms with E-state index in [1.165, 1.54) is 56.9 Å². The lowest BCUT2D eigenvalue weighted by atomic mass is 9.45. The number of carboxylic acid groups (broad SMARTS) is 1. The Morgan fingerprint density at radius 2 is 1.94 bits per heavy atom. The van der Waals surface area contributed by atoms with Gasteiger partial charge < -0.3 is 14.4 Å². The number of allylic oxidation sites excluding steroid dienone is 2. The Balaban J connectivity index is 1.20. The van der Waals surface area contributed by atoms with Gasteiger partial charge in [0, 0.05) is 18.7 Å². The van der Waals surface area contributed by atoms with E-state index in [4.69, 9.17) is 4.42 Å². The summed E-state index contributed by atoms with van der Waals surface area (Å²) in [5.74, 6) is 3.11. The second-order valence-electron chi connectivity index (χ2n) is 12.9. The van der Waals surface area contributed by atoms with Gasteiger partial charge in [0.05, 0.1) is 6.26 Å². The Bertz CT molecular complexity index is 1060. The molecule has 5 aliphatic rings. The van der Waals surface area contributed by atoms with Crippen molar-refractivity contribution < 1.29 is 14.3 Å². The van der Waals surface area contributed by atoms with Gasteiger partial charge in [0.2, 0.25) is 0 Å². The summed E-state index contributed by atoms with van der Waals surface area (Å²) in [4.78, 5) is 25.2. The summed E-state index contributed by atoms with van der Waals surface area (Å²) in [6.07, 6.45) is 16.6. The monoisotopic (exact) mass is 479 g/mol. The number of rotatable bonds is 2. The quantitative estimate of drug-likeness (QED) is 0.472. The molecule has 5 heteroatoms. The van der Waals surface area contributed by atoms with Crippen LogP contribution in [0.15, 0.2) is 39.3 Å². The van der Waals surface area contributed by atoms with Crippen LogP contribution in [0.1, 0.15) is 96.0 Å². The number of carbonyl (C=O) groups is 1. The van der Waals surface area contributed by atoms with Crippen molar-refractivity contribution in [2.24, 2.45) is 34.5 Å². The first-order valence-electron chi connectivity index (χ1n) is 14.1. The Labute approximate surface area is 209 Å². The zero-order chi connectivity index (χ0) is 24.4. The molecule has 5 nitrogen and oxygen atoms in total. The standard InChI is InChI=1S/C30H41NO4/c1-29-14-12-19(26-5-3-4-16-31(26)28(33)34)17-21(29)7-8-22-24-10-9-23(20-6-11-27(32)35-18-20)30(24,2)15-13-25(22)29/h6,10-11,18-19,21-23,25-26H,3-5,7-9,12-17H2,1-2H3,(H,33,34)/t19?,21?,22-,23+,25-,26?,29-,30+/m0/s1. The molecule has 35 heavy (non-hydrogen) atoms. The second kappa shape index (κ2) is 8.52. The summed E-state index contributed by atoms with van der Waals surface area (Å²) in [5, 5.41) is 9.80. The van der Waals surface area contributed by atoms with E-state index in [2.05, 4.69) is 19.9 Å². The molecule has 0 bridgehead atoms.